The van der Waals surface area contributed by atoms with Crippen LogP contribution in [0.3, 0.4) is 0 Å². The minimum atomic E-state index is 0.309. The molecule has 50 valence electrons. The molecule has 0 aliphatic heterocycles. The van der Waals surface area contributed by atoms with Gasteiger partial charge in [-0.3, -0.25) is 0 Å². The van der Waals surface area contributed by atoms with Gasteiger partial charge in [0.05, 0.1) is 0 Å². The third kappa shape index (κ3) is 3.69. The molecule has 0 amide bonds. The Morgan fingerprint density at radius 1 is 1.00 bits per heavy atom. The van der Waals surface area contributed by atoms with Crippen LogP contribution in [-0.4, -0.2) is 26.7 Å². The highest BCUT2D eigenvalue weighted by molar-refractivity contribution is 8.71. The van der Waals surface area contributed by atoms with Crippen molar-refractivity contribution in [1.29, 1.82) is 0 Å². The summed E-state index contributed by atoms with van der Waals surface area (Å²) < 4.78 is 0. The van der Waals surface area contributed by atoms with Gasteiger partial charge in [-0.15, -0.1) is 8.93 Å². The molecule has 3 atom stereocenters. The summed E-state index contributed by atoms with van der Waals surface area (Å²) in [7, 11) is 4.03. The molecular weight excluding hydrogens is 172 g/mol. The highest BCUT2D eigenvalue weighted by Gasteiger charge is 2.08. The first kappa shape index (κ1) is 9.72. The Labute approximate surface area is 58.3 Å². The van der Waals surface area contributed by atoms with Crippen molar-refractivity contribution in [2.24, 2.45) is 0 Å². The van der Waals surface area contributed by atoms with Crippen molar-refractivity contribution in [2.75, 3.05) is 26.7 Å². The second kappa shape index (κ2) is 4.52. The van der Waals surface area contributed by atoms with E-state index in [1.165, 1.54) is 0 Å². The lowest BCUT2D eigenvalue weighted by Gasteiger charge is -2.20. The third-order valence-corrected chi connectivity index (χ3v) is 19.9. The normalized spacial score (nSPS) is 18.8. The van der Waals surface area contributed by atoms with Gasteiger partial charge in [0.15, 0.2) is 0 Å². The summed E-state index contributed by atoms with van der Waals surface area (Å²) >= 11 is 0. The van der Waals surface area contributed by atoms with E-state index in [2.05, 4.69) is 35.6 Å². The number of hydrogen-bond acceptors (Lipinski definition) is 0. The molecule has 0 N–H and O–H groups in total. The van der Waals surface area contributed by atoms with Gasteiger partial charge in [-0.2, -0.15) is 0 Å². The Hall–Kier alpha value is 1.72. The number of hydrogen-bond donors (Lipinski definition) is 0. The lowest BCUT2D eigenvalue weighted by molar-refractivity contribution is 2.27. The van der Waals surface area contributed by atoms with Gasteiger partial charge in [0, 0.05) is 0 Å². The van der Waals surface area contributed by atoms with Crippen LogP contribution >= 0.6 is 31.1 Å². The molecule has 8 heavy (non-hydrogen) atoms. The smallest absolute Gasteiger partial charge is 0.0364 e. The molecule has 4 heteroatoms. The summed E-state index contributed by atoms with van der Waals surface area (Å²) in [5.41, 5.74) is 0. The summed E-state index contributed by atoms with van der Waals surface area (Å²) in [4.78, 5) is 0. The molecular formula is C4H14P4. The minimum Gasteiger partial charge on any atom is -0.107 e. The van der Waals surface area contributed by atoms with Crippen LogP contribution in [0.4, 0.5) is 0 Å². The molecule has 0 radical (unpaired) electrons. The molecule has 0 aromatic rings. The summed E-state index contributed by atoms with van der Waals surface area (Å²) in [5, 5.41) is 0. The third-order valence-electron chi connectivity index (χ3n) is 1.04. The van der Waals surface area contributed by atoms with E-state index >= 15 is 0 Å². The molecule has 3 unspecified atom stereocenters. The van der Waals surface area contributed by atoms with E-state index in [1.54, 1.807) is 0 Å². The fraction of sp³-hybridized carbons (Fsp3) is 1.00. The van der Waals surface area contributed by atoms with E-state index in [0.717, 1.165) is 0 Å². The average Bonchev–Trinajstić information content (AvgIpc) is 1.64. The van der Waals surface area contributed by atoms with Crippen molar-refractivity contribution < 1.29 is 0 Å². The topological polar surface area (TPSA) is 0 Å². The largest absolute Gasteiger partial charge is 0.107 e. The standard InChI is InChI=1S/C4H14P4/c1-6(2)8(4)7(3)5/h5H2,1-4H3. The molecule has 0 aromatic carbocycles. The molecule has 0 saturated carbocycles. The molecule has 0 saturated heterocycles. The quantitative estimate of drug-likeness (QED) is 0.578. The Morgan fingerprint density at radius 2 is 1.38 bits per heavy atom. The lowest BCUT2D eigenvalue weighted by Crippen LogP contribution is -1.59. The molecule has 0 aliphatic rings. The van der Waals surface area contributed by atoms with E-state index in [9.17, 15) is 0 Å². The maximum absolute atomic E-state index is 2.95. The fourth-order valence-corrected chi connectivity index (χ4v) is 13.2. The Kier molecular flexibility index (Phi) is 5.49. The lowest BCUT2D eigenvalue weighted by atomic mass is 11.9. The number of rotatable bonds is 2. The molecule has 0 heterocycles. The van der Waals surface area contributed by atoms with Crippen LogP contribution in [-0.2, 0) is 0 Å². The van der Waals surface area contributed by atoms with Gasteiger partial charge in [-0.05, 0) is 26.7 Å². The Balaban J connectivity index is 3.46. The summed E-state index contributed by atoms with van der Waals surface area (Å²) in [6.45, 7) is 9.53. The molecule has 0 bridgehead atoms. The average molecular weight is 186 g/mol. The highest BCUT2D eigenvalue weighted by atomic mass is 32.6. The van der Waals surface area contributed by atoms with Crippen LogP contribution in [0.25, 0.3) is 0 Å². The zero-order chi connectivity index (χ0) is 6.73. The Bertz CT molecular complexity index is 53.1. The van der Waals surface area contributed by atoms with Crippen molar-refractivity contribution in [2.45, 2.75) is 0 Å². The minimum absolute atomic E-state index is 0.309. The van der Waals surface area contributed by atoms with Gasteiger partial charge in [-0.1, -0.05) is 22.2 Å². The SMILES string of the molecule is CP(C)P(C)P(C)P. The first-order valence-corrected chi connectivity index (χ1v) is 11.3. The van der Waals surface area contributed by atoms with Crippen molar-refractivity contribution >= 4 is 31.1 Å². The zero-order valence-corrected chi connectivity index (χ0v) is 9.76. The molecule has 0 aromatic heterocycles. The summed E-state index contributed by atoms with van der Waals surface area (Å²) in [5.74, 6) is 0. The second-order valence-electron chi connectivity index (χ2n) is 1.91. The summed E-state index contributed by atoms with van der Waals surface area (Å²) in [6, 6.07) is 0. The maximum atomic E-state index is 2.95. The highest BCUT2D eigenvalue weighted by Crippen LogP contribution is 2.84. The molecule has 0 rings (SSSR count). The van der Waals surface area contributed by atoms with E-state index < -0.39 is 0 Å². The summed E-state index contributed by atoms with van der Waals surface area (Å²) in [6.07, 6.45) is 0. The van der Waals surface area contributed by atoms with Crippen LogP contribution in [0.2, 0.25) is 0 Å². The van der Waals surface area contributed by atoms with Gasteiger partial charge >= 0.3 is 0 Å². The van der Waals surface area contributed by atoms with Gasteiger partial charge in [0.2, 0.25) is 0 Å². The van der Waals surface area contributed by atoms with Crippen molar-refractivity contribution in [3.8, 4) is 0 Å². The predicted octanol–water partition coefficient (Wildman–Crippen LogP) is 3.57. The van der Waals surface area contributed by atoms with Gasteiger partial charge in [0.1, 0.15) is 0 Å². The zero-order valence-electron chi connectivity index (χ0n) is 5.92. The first-order valence-electron chi connectivity index (χ1n) is 2.45. The molecule has 0 aliphatic carbocycles. The molecule has 0 nitrogen and oxygen atoms in total. The van der Waals surface area contributed by atoms with Gasteiger partial charge in [0.25, 0.3) is 0 Å². The monoisotopic (exact) mass is 186 g/mol. The Morgan fingerprint density at radius 3 is 1.38 bits per heavy atom. The molecule has 0 fully saturated rings. The van der Waals surface area contributed by atoms with Crippen molar-refractivity contribution in [3.63, 3.8) is 0 Å². The molecule has 0 spiro atoms. The van der Waals surface area contributed by atoms with Crippen molar-refractivity contribution in [3.05, 3.63) is 0 Å². The van der Waals surface area contributed by atoms with E-state index in [4.69, 9.17) is 0 Å². The van der Waals surface area contributed by atoms with Gasteiger partial charge < -0.3 is 0 Å². The maximum Gasteiger partial charge on any atom is -0.0364 e. The van der Waals surface area contributed by atoms with Gasteiger partial charge in [-0.25, -0.2) is 0 Å². The van der Waals surface area contributed by atoms with Crippen LogP contribution in [0.5, 0.6) is 0 Å². The van der Waals surface area contributed by atoms with Crippen molar-refractivity contribution in [1.82, 2.24) is 0 Å². The van der Waals surface area contributed by atoms with Crippen LogP contribution in [0.1, 0.15) is 0 Å². The first-order chi connectivity index (χ1) is 3.55. The van der Waals surface area contributed by atoms with E-state index in [0.29, 0.717) is 22.2 Å². The van der Waals surface area contributed by atoms with E-state index in [1.807, 2.05) is 0 Å². The van der Waals surface area contributed by atoms with Crippen LogP contribution < -0.4 is 0 Å². The predicted molar refractivity (Wildman–Crippen MR) is 54.2 cm³/mol. The second-order valence-corrected chi connectivity index (χ2v) is 18.2. The van der Waals surface area contributed by atoms with E-state index in [-0.39, 0.29) is 0 Å². The van der Waals surface area contributed by atoms with Crippen LogP contribution in [0.15, 0.2) is 0 Å². The fourth-order valence-electron chi connectivity index (χ4n) is 0.282. The van der Waals surface area contributed by atoms with Crippen LogP contribution in [0, 0.1) is 0 Å².